The van der Waals surface area contributed by atoms with Gasteiger partial charge in [0.25, 0.3) is 0 Å². The van der Waals surface area contributed by atoms with E-state index in [1.165, 1.54) is 12.8 Å². The van der Waals surface area contributed by atoms with Crippen molar-refractivity contribution in [2.45, 2.75) is 18.9 Å². The molecule has 16 heavy (non-hydrogen) atoms. The highest BCUT2D eigenvalue weighted by molar-refractivity contribution is 9.10. The molecular weight excluding hydrogens is 264 g/mol. The number of hydrogen-bond acceptors (Lipinski definition) is 2. The zero-order valence-corrected chi connectivity index (χ0v) is 10.6. The van der Waals surface area contributed by atoms with Crippen LogP contribution >= 0.6 is 15.9 Å². The summed E-state index contributed by atoms with van der Waals surface area (Å²) >= 11 is 3.53. The van der Waals surface area contributed by atoms with Crippen LogP contribution in [0.5, 0.6) is 0 Å². The summed E-state index contributed by atoms with van der Waals surface area (Å²) in [7, 11) is 0. The third-order valence-corrected chi connectivity index (χ3v) is 3.33. The molecule has 0 spiro atoms. The first-order valence-electron chi connectivity index (χ1n) is 5.33. The van der Waals surface area contributed by atoms with E-state index < -0.39 is 0 Å². The van der Waals surface area contributed by atoms with E-state index in [1.807, 2.05) is 24.3 Å². The number of nitriles is 1. The molecule has 0 aliphatic heterocycles. The van der Waals surface area contributed by atoms with Gasteiger partial charge in [-0.3, -0.25) is 0 Å². The maximum absolute atomic E-state index is 8.82. The second-order valence-corrected chi connectivity index (χ2v) is 4.80. The van der Waals surface area contributed by atoms with E-state index >= 15 is 0 Å². The smallest absolute Gasteiger partial charge is 0.0992 e. The van der Waals surface area contributed by atoms with Crippen LogP contribution in [0.1, 0.15) is 18.4 Å². The number of rotatable bonds is 4. The predicted octanol–water partition coefficient (Wildman–Crippen LogP) is 3.48. The van der Waals surface area contributed by atoms with Crippen molar-refractivity contribution in [1.29, 1.82) is 5.26 Å². The maximum Gasteiger partial charge on any atom is 0.0992 e. The van der Waals surface area contributed by atoms with Gasteiger partial charge in [-0.05, 0) is 47.0 Å². The molecule has 0 bridgehead atoms. The Kier molecular flexibility index (Phi) is 3.31. The normalized spacial score (nSPS) is 14.2. The fourth-order valence-electron chi connectivity index (χ4n) is 1.78. The number of anilines is 1. The molecule has 0 atom stereocenters. The summed E-state index contributed by atoms with van der Waals surface area (Å²) < 4.78 is 0.986. The van der Waals surface area contributed by atoms with Crippen molar-refractivity contribution in [1.82, 2.24) is 0 Å². The predicted molar refractivity (Wildman–Crippen MR) is 69.4 cm³/mol. The third kappa shape index (κ3) is 2.28. The summed E-state index contributed by atoms with van der Waals surface area (Å²) in [5.41, 5.74) is 1.84. The molecule has 0 aromatic heterocycles. The van der Waals surface area contributed by atoms with Crippen LogP contribution in [0.25, 0.3) is 0 Å². The molecule has 2 nitrogen and oxygen atoms in total. The average Bonchev–Trinajstić information content (AvgIpc) is 3.10. The zero-order chi connectivity index (χ0) is 11.5. The van der Waals surface area contributed by atoms with E-state index in [0.29, 0.717) is 11.6 Å². The SMILES string of the molecule is C=CCN(c1ccc(C#N)cc1Br)C1CC1. The van der Waals surface area contributed by atoms with Gasteiger partial charge in [-0.15, -0.1) is 6.58 Å². The summed E-state index contributed by atoms with van der Waals surface area (Å²) in [5, 5.41) is 8.82. The van der Waals surface area contributed by atoms with Gasteiger partial charge in [0, 0.05) is 17.1 Å². The Bertz CT molecular complexity index is 444. The summed E-state index contributed by atoms with van der Waals surface area (Å²) in [5.74, 6) is 0. The van der Waals surface area contributed by atoms with Crippen molar-refractivity contribution < 1.29 is 0 Å². The molecule has 0 heterocycles. The van der Waals surface area contributed by atoms with Crippen molar-refractivity contribution in [3.8, 4) is 6.07 Å². The Morgan fingerprint density at radius 3 is 2.81 bits per heavy atom. The zero-order valence-electron chi connectivity index (χ0n) is 8.99. The fraction of sp³-hybridized carbons (Fsp3) is 0.308. The van der Waals surface area contributed by atoms with Crippen LogP contribution in [0, 0.1) is 11.3 Å². The molecular formula is C13H13BrN2. The first kappa shape index (κ1) is 11.2. The number of benzene rings is 1. The minimum absolute atomic E-state index is 0.641. The van der Waals surface area contributed by atoms with Crippen LogP contribution < -0.4 is 4.90 Å². The lowest BCUT2D eigenvalue weighted by molar-refractivity contribution is 0.859. The third-order valence-electron chi connectivity index (χ3n) is 2.70. The Balaban J connectivity index is 2.30. The topological polar surface area (TPSA) is 27.0 Å². The van der Waals surface area contributed by atoms with Crippen LogP contribution in [0.2, 0.25) is 0 Å². The van der Waals surface area contributed by atoms with Crippen LogP contribution in [-0.2, 0) is 0 Å². The van der Waals surface area contributed by atoms with Crippen molar-refractivity contribution >= 4 is 21.6 Å². The largest absolute Gasteiger partial charge is 0.364 e. The Hall–Kier alpha value is -1.27. The monoisotopic (exact) mass is 276 g/mol. The fourth-order valence-corrected chi connectivity index (χ4v) is 2.39. The molecule has 0 amide bonds. The van der Waals surface area contributed by atoms with Gasteiger partial charge in [0.05, 0.1) is 17.3 Å². The van der Waals surface area contributed by atoms with Crippen LogP contribution in [0.4, 0.5) is 5.69 Å². The molecule has 1 aliphatic rings. The molecule has 0 saturated heterocycles. The van der Waals surface area contributed by atoms with Gasteiger partial charge in [-0.1, -0.05) is 6.08 Å². The van der Waals surface area contributed by atoms with E-state index in [4.69, 9.17) is 5.26 Å². The lowest BCUT2D eigenvalue weighted by Crippen LogP contribution is -2.25. The molecule has 0 N–H and O–H groups in total. The number of hydrogen-bond donors (Lipinski definition) is 0. The van der Waals surface area contributed by atoms with E-state index in [1.54, 1.807) is 0 Å². The Morgan fingerprint density at radius 1 is 1.56 bits per heavy atom. The van der Waals surface area contributed by atoms with Gasteiger partial charge in [0.2, 0.25) is 0 Å². The van der Waals surface area contributed by atoms with Crippen LogP contribution in [0.3, 0.4) is 0 Å². The summed E-state index contributed by atoms with van der Waals surface area (Å²) in [6, 6.07) is 8.52. The minimum atomic E-state index is 0.641. The summed E-state index contributed by atoms with van der Waals surface area (Å²) in [6.07, 6.45) is 4.42. The van der Waals surface area contributed by atoms with Crippen molar-refractivity contribution in [3.63, 3.8) is 0 Å². The van der Waals surface area contributed by atoms with Crippen molar-refractivity contribution in [3.05, 3.63) is 40.9 Å². The van der Waals surface area contributed by atoms with Crippen molar-refractivity contribution in [2.24, 2.45) is 0 Å². The number of halogens is 1. The second-order valence-electron chi connectivity index (χ2n) is 3.95. The van der Waals surface area contributed by atoms with Crippen LogP contribution in [0.15, 0.2) is 35.3 Å². The van der Waals surface area contributed by atoms with Gasteiger partial charge in [0.15, 0.2) is 0 Å². The lowest BCUT2D eigenvalue weighted by Gasteiger charge is -2.24. The Labute approximate surface area is 104 Å². The van der Waals surface area contributed by atoms with Gasteiger partial charge < -0.3 is 4.90 Å². The molecule has 1 aromatic rings. The minimum Gasteiger partial charge on any atom is -0.364 e. The molecule has 1 fully saturated rings. The maximum atomic E-state index is 8.82. The van der Waals surface area contributed by atoms with E-state index in [0.717, 1.165) is 16.7 Å². The van der Waals surface area contributed by atoms with Gasteiger partial charge in [-0.2, -0.15) is 5.26 Å². The van der Waals surface area contributed by atoms with E-state index in [9.17, 15) is 0 Å². The quantitative estimate of drug-likeness (QED) is 0.788. The molecule has 1 aliphatic carbocycles. The Morgan fingerprint density at radius 2 is 2.31 bits per heavy atom. The molecule has 1 aromatic carbocycles. The van der Waals surface area contributed by atoms with Gasteiger partial charge in [0.1, 0.15) is 0 Å². The van der Waals surface area contributed by atoms with E-state index in [-0.39, 0.29) is 0 Å². The van der Waals surface area contributed by atoms with Crippen LogP contribution in [-0.4, -0.2) is 12.6 Å². The van der Waals surface area contributed by atoms with E-state index in [2.05, 4.69) is 33.5 Å². The molecule has 82 valence electrons. The number of nitrogens with zero attached hydrogens (tertiary/aromatic N) is 2. The van der Waals surface area contributed by atoms with Gasteiger partial charge in [-0.25, -0.2) is 0 Å². The molecule has 1 saturated carbocycles. The molecule has 0 unspecified atom stereocenters. The second kappa shape index (κ2) is 4.71. The molecule has 0 radical (unpaired) electrons. The lowest BCUT2D eigenvalue weighted by atomic mass is 10.2. The first-order valence-corrected chi connectivity index (χ1v) is 6.12. The standard InChI is InChI=1S/C13H13BrN2/c1-2-7-16(11-4-5-11)13-6-3-10(9-15)8-12(13)14/h2-3,6,8,11H,1,4-5,7H2. The molecule has 2 rings (SSSR count). The first-order chi connectivity index (χ1) is 7.76. The highest BCUT2D eigenvalue weighted by atomic mass is 79.9. The summed E-state index contributed by atoms with van der Waals surface area (Å²) in [6.45, 7) is 4.65. The summed E-state index contributed by atoms with van der Waals surface area (Å²) in [4.78, 5) is 2.33. The van der Waals surface area contributed by atoms with Crippen molar-refractivity contribution in [2.75, 3.05) is 11.4 Å². The van der Waals surface area contributed by atoms with Gasteiger partial charge >= 0.3 is 0 Å². The average molecular weight is 277 g/mol. The highest BCUT2D eigenvalue weighted by Gasteiger charge is 2.29. The highest BCUT2D eigenvalue weighted by Crippen LogP contribution is 2.36. The molecule has 3 heteroatoms.